The molecule has 154 valence electrons. The molecule has 3 amide bonds. The zero-order chi connectivity index (χ0) is 20.4. The van der Waals surface area contributed by atoms with E-state index in [-0.39, 0.29) is 23.4 Å². The number of aromatic nitrogens is 1. The highest BCUT2D eigenvalue weighted by Crippen LogP contribution is 2.24. The van der Waals surface area contributed by atoms with Crippen LogP contribution in [0, 0.1) is 0 Å². The average Bonchev–Trinajstić information content (AvgIpc) is 3.24. The number of hydrogen-bond donors (Lipinski definition) is 1. The molecule has 9 nitrogen and oxygen atoms in total. The molecule has 0 aliphatic carbocycles. The van der Waals surface area contributed by atoms with Crippen molar-refractivity contribution in [3.05, 3.63) is 36.0 Å². The van der Waals surface area contributed by atoms with Crippen molar-refractivity contribution in [3.8, 4) is 17.1 Å². The zero-order valence-corrected chi connectivity index (χ0v) is 16.5. The fraction of sp³-hybridized carbons (Fsp3) is 0.450. The van der Waals surface area contributed by atoms with Crippen LogP contribution in [0.4, 0.5) is 4.79 Å². The van der Waals surface area contributed by atoms with Gasteiger partial charge in [-0.3, -0.25) is 4.79 Å². The Morgan fingerprint density at radius 2 is 1.55 bits per heavy atom. The molecule has 0 atom stereocenters. The van der Waals surface area contributed by atoms with Crippen LogP contribution in [-0.2, 0) is 0 Å². The largest absolute Gasteiger partial charge is 0.508 e. The first-order chi connectivity index (χ1) is 14.0. The third-order valence-corrected chi connectivity index (χ3v) is 5.47. The van der Waals surface area contributed by atoms with Gasteiger partial charge < -0.3 is 29.2 Å². The number of rotatable bonds is 2. The molecule has 2 fully saturated rings. The lowest BCUT2D eigenvalue weighted by atomic mass is 10.1. The lowest BCUT2D eigenvalue weighted by Crippen LogP contribution is -2.57. The SMILES string of the molecule is CN1CCN(C(=O)N2CCN(C(=O)c3cc(-c4cccc(O)c4)on3)CC2)CC1. The second-order valence-electron chi connectivity index (χ2n) is 7.48. The van der Waals surface area contributed by atoms with Crippen LogP contribution in [0.15, 0.2) is 34.9 Å². The second-order valence-corrected chi connectivity index (χ2v) is 7.48. The summed E-state index contributed by atoms with van der Waals surface area (Å²) in [5.41, 5.74) is 0.876. The number of phenolic OH excluding ortho intramolecular Hbond substituents is 1. The molecule has 1 N–H and O–H groups in total. The second kappa shape index (κ2) is 8.12. The number of amides is 3. The summed E-state index contributed by atoms with van der Waals surface area (Å²) in [5, 5.41) is 13.5. The van der Waals surface area contributed by atoms with Crippen molar-refractivity contribution in [2.75, 3.05) is 59.4 Å². The van der Waals surface area contributed by atoms with Gasteiger partial charge in [-0.15, -0.1) is 0 Å². The Balaban J connectivity index is 1.34. The van der Waals surface area contributed by atoms with Crippen LogP contribution in [0.3, 0.4) is 0 Å². The van der Waals surface area contributed by atoms with Gasteiger partial charge in [-0.1, -0.05) is 17.3 Å². The number of hydrogen-bond acceptors (Lipinski definition) is 6. The molecule has 1 aromatic heterocycles. The summed E-state index contributed by atoms with van der Waals surface area (Å²) in [4.78, 5) is 33.0. The van der Waals surface area contributed by atoms with Crippen LogP contribution in [0.5, 0.6) is 5.75 Å². The predicted molar refractivity (Wildman–Crippen MR) is 106 cm³/mol. The quantitative estimate of drug-likeness (QED) is 0.815. The number of urea groups is 1. The maximum Gasteiger partial charge on any atom is 0.320 e. The third kappa shape index (κ3) is 4.19. The van der Waals surface area contributed by atoms with E-state index < -0.39 is 0 Å². The Morgan fingerprint density at radius 3 is 2.21 bits per heavy atom. The van der Waals surface area contributed by atoms with E-state index in [2.05, 4.69) is 17.1 Å². The normalized spacial score (nSPS) is 18.2. The van der Waals surface area contributed by atoms with Crippen molar-refractivity contribution in [2.45, 2.75) is 0 Å². The Hall–Kier alpha value is -3.07. The van der Waals surface area contributed by atoms with Gasteiger partial charge in [0.2, 0.25) is 0 Å². The van der Waals surface area contributed by atoms with E-state index in [1.807, 2.05) is 9.80 Å². The smallest absolute Gasteiger partial charge is 0.320 e. The van der Waals surface area contributed by atoms with E-state index in [0.717, 1.165) is 26.2 Å². The summed E-state index contributed by atoms with van der Waals surface area (Å²) in [6.07, 6.45) is 0. The standard InChI is InChI=1S/C20H25N5O4/c1-22-5-7-24(8-6-22)20(28)25-11-9-23(10-12-25)19(27)17-14-18(29-21-17)15-3-2-4-16(26)13-15/h2-4,13-14,26H,5-12H2,1H3. The lowest BCUT2D eigenvalue weighted by Gasteiger charge is -2.39. The van der Waals surface area contributed by atoms with E-state index in [1.165, 1.54) is 0 Å². The van der Waals surface area contributed by atoms with E-state index >= 15 is 0 Å². The third-order valence-electron chi connectivity index (χ3n) is 5.47. The molecule has 0 unspecified atom stereocenters. The van der Waals surface area contributed by atoms with E-state index in [1.54, 1.807) is 35.2 Å². The van der Waals surface area contributed by atoms with Crippen LogP contribution in [-0.4, -0.2) is 101 Å². The molecule has 9 heteroatoms. The van der Waals surface area contributed by atoms with Crippen molar-refractivity contribution in [3.63, 3.8) is 0 Å². The summed E-state index contributed by atoms with van der Waals surface area (Å²) >= 11 is 0. The minimum absolute atomic E-state index is 0.0535. The Bertz CT molecular complexity index is 883. The zero-order valence-electron chi connectivity index (χ0n) is 16.5. The first-order valence-electron chi connectivity index (χ1n) is 9.79. The van der Waals surface area contributed by atoms with Crippen LogP contribution in [0.25, 0.3) is 11.3 Å². The highest BCUT2D eigenvalue weighted by atomic mass is 16.5. The summed E-state index contributed by atoms with van der Waals surface area (Å²) in [6.45, 7) is 5.20. The fourth-order valence-electron chi connectivity index (χ4n) is 3.63. The van der Waals surface area contributed by atoms with Crippen molar-refractivity contribution in [1.82, 2.24) is 24.8 Å². The predicted octanol–water partition coefficient (Wildman–Crippen LogP) is 1.17. The van der Waals surface area contributed by atoms with Gasteiger partial charge >= 0.3 is 6.03 Å². The number of carbonyl (C=O) groups excluding carboxylic acids is 2. The number of carbonyl (C=O) groups is 2. The van der Waals surface area contributed by atoms with Crippen LogP contribution in [0.1, 0.15) is 10.5 Å². The van der Waals surface area contributed by atoms with Crippen LogP contribution >= 0.6 is 0 Å². The van der Waals surface area contributed by atoms with Crippen molar-refractivity contribution in [2.24, 2.45) is 0 Å². The molecule has 0 saturated carbocycles. The topological polar surface area (TPSA) is 93.4 Å². The maximum atomic E-state index is 12.8. The average molecular weight is 399 g/mol. The van der Waals surface area contributed by atoms with Crippen molar-refractivity contribution >= 4 is 11.9 Å². The molecule has 1 aromatic carbocycles. The first kappa shape index (κ1) is 19.3. The van der Waals surface area contributed by atoms with E-state index in [0.29, 0.717) is 37.5 Å². The van der Waals surface area contributed by atoms with Gasteiger partial charge in [-0.2, -0.15) is 0 Å². The van der Waals surface area contributed by atoms with Crippen molar-refractivity contribution in [1.29, 1.82) is 0 Å². The highest BCUT2D eigenvalue weighted by molar-refractivity contribution is 5.93. The van der Waals surface area contributed by atoms with E-state index in [4.69, 9.17) is 4.52 Å². The van der Waals surface area contributed by atoms with Gasteiger partial charge in [0.05, 0.1) is 0 Å². The molecule has 29 heavy (non-hydrogen) atoms. The number of aromatic hydroxyl groups is 1. The molecule has 2 aromatic rings. The molecular formula is C20H25N5O4. The summed E-state index contributed by atoms with van der Waals surface area (Å²) in [6, 6.07) is 8.23. The Morgan fingerprint density at radius 1 is 0.931 bits per heavy atom. The number of phenols is 1. The number of nitrogens with zero attached hydrogens (tertiary/aromatic N) is 5. The van der Waals surface area contributed by atoms with Crippen LogP contribution in [0.2, 0.25) is 0 Å². The molecule has 2 saturated heterocycles. The minimum Gasteiger partial charge on any atom is -0.508 e. The highest BCUT2D eigenvalue weighted by Gasteiger charge is 2.30. The Kier molecular flexibility index (Phi) is 5.39. The van der Waals surface area contributed by atoms with Gasteiger partial charge in [0.1, 0.15) is 5.75 Å². The van der Waals surface area contributed by atoms with Gasteiger partial charge in [-0.05, 0) is 19.2 Å². The number of likely N-dealkylation sites (N-methyl/N-ethyl adjacent to an activating group) is 1. The lowest BCUT2D eigenvalue weighted by molar-refractivity contribution is 0.0610. The fourth-order valence-corrected chi connectivity index (χ4v) is 3.63. The number of piperazine rings is 2. The summed E-state index contributed by atoms with van der Waals surface area (Å²) < 4.78 is 5.28. The molecule has 2 aliphatic rings. The summed E-state index contributed by atoms with van der Waals surface area (Å²) in [7, 11) is 2.06. The molecule has 0 spiro atoms. The molecule has 0 radical (unpaired) electrons. The maximum absolute atomic E-state index is 12.8. The minimum atomic E-state index is -0.216. The summed E-state index contributed by atoms with van der Waals surface area (Å²) in [5.74, 6) is 0.327. The monoisotopic (exact) mass is 399 g/mol. The van der Waals surface area contributed by atoms with Crippen molar-refractivity contribution < 1.29 is 19.2 Å². The first-order valence-corrected chi connectivity index (χ1v) is 9.79. The molecule has 2 aliphatic heterocycles. The molecule has 4 rings (SSSR count). The Labute approximate surface area is 169 Å². The van der Waals surface area contributed by atoms with Crippen LogP contribution < -0.4 is 0 Å². The molecular weight excluding hydrogens is 374 g/mol. The molecule has 0 bridgehead atoms. The number of benzene rings is 1. The van der Waals surface area contributed by atoms with Gasteiger partial charge in [0.15, 0.2) is 11.5 Å². The van der Waals surface area contributed by atoms with E-state index in [9.17, 15) is 14.7 Å². The van der Waals surface area contributed by atoms with Gasteiger partial charge in [-0.25, -0.2) is 4.79 Å². The van der Waals surface area contributed by atoms with Gasteiger partial charge in [0.25, 0.3) is 5.91 Å². The van der Waals surface area contributed by atoms with Gasteiger partial charge in [0, 0.05) is 64.0 Å². The molecule has 3 heterocycles.